The molecule has 0 aromatic carbocycles. The molecule has 0 aromatic heterocycles. The van der Waals surface area contributed by atoms with E-state index in [1.54, 1.807) is 0 Å². The average molecular weight is 267 g/mol. The summed E-state index contributed by atoms with van der Waals surface area (Å²) in [6.45, 7) is 12.6. The molecule has 1 nitrogen and oxygen atoms in total. The van der Waals surface area contributed by atoms with Gasteiger partial charge in [0.1, 0.15) is 0 Å². The molecule has 0 aromatic rings. The van der Waals surface area contributed by atoms with E-state index in [-0.39, 0.29) is 24.0 Å². The lowest BCUT2D eigenvalue weighted by Gasteiger charge is -2.16. The minimum Gasteiger partial charge on any atom is -0.296 e. The van der Waals surface area contributed by atoms with Crippen LogP contribution in [0.15, 0.2) is 25.3 Å². The van der Waals surface area contributed by atoms with Crippen LogP contribution in [0.1, 0.15) is 13.3 Å². The van der Waals surface area contributed by atoms with E-state index in [0.717, 1.165) is 19.6 Å². The van der Waals surface area contributed by atoms with Gasteiger partial charge in [-0.1, -0.05) is 19.1 Å². The molecule has 0 heterocycles. The van der Waals surface area contributed by atoms with E-state index in [0.29, 0.717) is 0 Å². The SMILES string of the molecule is C=CCN(CC=C)CCC.I. The molecular weight excluding hydrogens is 249 g/mol. The lowest BCUT2D eigenvalue weighted by molar-refractivity contribution is 0.336. The van der Waals surface area contributed by atoms with Gasteiger partial charge in [0.25, 0.3) is 0 Å². The molecule has 0 N–H and O–H groups in total. The van der Waals surface area contributed by atoms with Crippen molar-refractivity contribution < 1.29 is 0 Å². The maximum absolute atomic E-state index is 3.69. The molecule has 0 atom stereocenters. The van der Waals surface area contributed by atoms with Crippen molar-refractivity contribution >= 4 is 24.0 Å². The monoisotopic (exact) mass is 267 g/mol. The quantitative estimate of drug-likeness (QED) is 0.528. The topological polar surface area (TPSA) is 3.24 Å². The number of hydrogen-bond acceptors (Lipinski definition) is 1. The molecule has 0 fully saturated rings. The fourth-order valence-electron chi connectivity index (χ4n) is 0.938. The molecule has 0 amide bonds. The van der Waals surface area contributed by atoms with Crippen molar-refractivity contribution in [3.8, 4) is 0 Å². The highest BCUT2D eigenvalue weighted by molar-refractivity contribution is 14.0. The summed E-state index contributed by atoms with van der Waals surface area (Å²) in [7, 11) is 0. The van der Waals surface area contributed by atoms with Crippen molar-refractivity contribution in [3.05, 3.63) is 25.3 Å². The van der Waals surface area contributed by atoms with Gasteiger partial charge in [0.15, 0.2) is 0 Å². The van der Waals surface area contributed by atoms with Crippen LogP contribution in [-0.4, -0.2) is 24.5 Å². The van der Waals surface area contributed by atoms with Crippen LogP contribution in [0.4, 0.5) is 0 Å². The summed E-state index contributed by atoms with van der Waals surface area (Å²) in [5, 5.41) is 0. The highest BCUT2D eigenvalue weighted by Crippen LogP contribution is 1.90. The Morgan fingerprint density at radius 2 is 1.64 bits per heavy atom. The maximum atomic E-state index is 3.69. The minimum atomic E-state index is 0. The Balaban J connectivity index is 0. The molecular formula is C9H18IN. The summed E-state index contributed by atoms with van der Waals surface area (Å²) >= 11 is 0. The Hall–Kier alpha value is 0.170. The second-order valence-electron chi connectivity index (χ2n) is 2.34. The van der Waals surface area contributed by atoms with Crippen molar-refractivity contribution in [1.29, 1.82) is 0 Å². The molecule has 0 aliphatic carbocycles. The molecule has 0 spiro atoms. The standard InChI is InChI=1S/C9H17N.HI/c1-4-7-10(8-5-2)9-6-3;/h4-5H,1-2,6-9H2,3H3;1H. The highest BCUT2D eigenvalue weighted by atomic mass is 127. The molecule has 0 aliphatic heterocycles. The van der Waals surface area contributed by atoms with Crippen LogP contribution in [0.25, 0.3) is 0 Å². The van der Waals surface area contributed by atoms with E-state index in [4.69, 9.17) is 0 Å². The highest BCUT2D eigenvalue weighted by Gasteiger charge is 1.95. The van der Waals surface area contributed by atoms with E-state index in [2.05, 4.69) is 25.0 Å². The van der Waals surface area contributed by atoms with Crippen molar-refractivity contribution in [2.75, 3.05) is 19.6 Å². The second-order valence-corrected chi connectivity index (χ2v) is 2.34. The number of nitrogens with zero attached hydrogens (tertiary/aromatic N) is 1. The largest absolute Gasteiger partial charge is 0.296 e. The summed E-state index contributed by atoms with van der Waals surface area (Å²) in [6, 6.07) is 0. The van der Waals surface area contributed by atoms with Crippen LogP contribution in [0.5, 0.6) is 0 Å². The smallest absolute Gasteiger partial charge is 0.0163 e. The zero-order valence-corrected chi connectivity index (χ0v) is 9.58. The second kappa shape index (κ2) is 10.2. The van der Waals surface area contributed by atoms with Crippen LogP contribution in [0.2, 0.25) is 0 Å². The molecule has 66 valence electrons. The predicted octanol–water partition coefficient (Wildman–Crippen LogP) is 2.69. The minimum absolute atomic E-state index is 0. The van der Waals surface area contributed by atoms with E-state index in [1.807, 2.05) is 12.2 Å². The van der Waals surface area contributed by atoms with Crippen LogP contribution in [-0.2, 0) is 0 Å². The Kier molecular flexibility index (Phi) is 12.7. The van der Waals surface area contributed by atoms with Gasteiger partial charge < -0.3 is 0 Å². The van der Waals surface area contributed by atoms with Gasteiger partial charge in [-0.25, -0.2) is 0 Å². The molecule has 11 heavy (non-hydrogen) atoms. The molecule has 0 saturated heterocycles. The van der Waals surface area contributed by atoms with Crippen LogP contribution in [0, 0.1) is 0 Å². The lowest BCUT2D eigenvalue weighted by atomic mass is 10.4. The van der Waals surface area contributed by atoms with Gasteiger partial charge in [-0.15, -0.1) is 37.1 Å². The van der Waals surface area contributed by atoms with Gasteiger partial charge in [-0.05, 0) is 13.0 Å². The predicted molar refractivity (Wildman–Crippen MR) is 62.5 cm³/mol. The molecule has 0 saturated carbocycles. The van der Waals surface area contributed by atoms with Gasteiger partial charge in [0.2, 0.25) is 0 Å². The summed E-state index contributed by atoms with van der Waals surface area (Å²) in [5.74, 6) is 0. The Morgan fingerprint density at radius 3 is 1.91 bits per heavy atom. The van der Waals surface area contributed by atoms with Crippen molar-refractivity contribution in [2.45, 2.75) is 13.3 Å². The van der Waals surface area contributed by atoms with Gasteiger partial charge in [0.05, 0.1) is 0 Å². The normalized spacial score (nSPS) is 8.91. The maximum Gasteiger partial charge on any atom is 0.0163 e. The fourth-order valence-corrected chi connectivity index (χ4v) is 0.938. The Morgan fingerprint density at radius 1 is 1.18 bits per heavy atom. The summed E-state index contributed by atoms with van der Waals surface area (Å²) in [6.07, 6.45) is 5.06. The third-order valence-corrected chi connectivity index (χ3v) is 1.31. The number of halogens is 1. The van der Waals surface area contributed by atoms with E-state index in [9.17, 15) is 0 Å². The number of hydrogen-bond donors (Lipinski definition) is 0. The third-order valence-electron chi connectivity index (χ3n) is 1.31. The fraction of sp³-hybridized carbons (Fsp3) is 0.556. The van der Waals surface area contributed by atoms with Crippen LogP contribution < -0.4 is 0 Å². The van der Waals surface area contributed by atoms with Crippen molar-refractivity contribution in [1.82, 2.24) is 4.90 Å². The lowest BCUT2D eigenvalue weighted by Crippen LogP contribution is -2.24. The van der Waals surface area contributed by atoms with Gasteiger partial charge in [0, 0.05) is 13.1 Å². The third kappa shape index (κ3) is 8.07. The average Bonchev–Trinajstić information content (AvgIpc) is 1.90. The van der Waals surface area contributed by atoms with E-state index in [1.165, 1.54) is 6.42 Å². The van der Waals surface area contributed by atoms with Crippen molar-refractivity contribution in [3.63, 3.8) is 0 Å². The Bertz CT molecular complexity index is 91.7. The summed E-state index contributed by atoms with van der Waals surface area (Å²) < 4.78 is 0. The molecule has 0 radical (unpaired) electrons. The molecule has 2 heteroatoms. The molecule has 0 unspecified atom stereocenters. The first-order chi connectivity index (χ1) is 4.85. The van der Waals surface area contributed by atoms with E-state index < -0.39 is 0 Å². The van der Waals surface area contributed by atoms with Crippen LogP contribution in [0.3, 0.4) is 0 Å². The zero-order chi connectivity index (χ0) is 7.82. The van der Waals surface area contributed by atoms with Crippen molar-refractivity contribution in [2.24, 2.45) is 0 Å². The zero-order valence-electron chi connectivity index (χ0n) is 7.25. The van der Waals surface area contributed by atoms with Gasteiger partial charge in [-0.2, -0.15) is 0 Å². The first kappa shape index (κ1) is 13.7. The Labute approximate surface area is 87.2 Å². The van der Waals surface area contributed by atoms with Crippen LogP contribution >= 0.6 is 24.0 Å². The molecule has 0 aliphatic rings. The van der Waals surface area contributed by atoms with E-state index >= 15 is 0 Å². The molecule has 0 bridgehead atoms. The van der Waals surface area contributed by atoms with Gasteiger partial charge in [-0.3, -0.25) is 4.90 Å². The summed E-state index contributed by atoms with van der Waals surface area (Å²) in [5.41, 5.74) is 0. The first-order valence-corrected chi connectivity index (χ1v) is 3.79. The van der Waals surface area contributed by atoms with Gasteiger partial charge >= 0.3 is 0 Å². The summed E-state index contributed by atoms with van der Waals surface area (Å²) in [4.78, 5) is 2.31. The number of rotatable bonds is 6. The molecule has 0 rings (SSSR count). The first-order valence-electron chi connectivity index (χ1n) is 3.79.